The fraction of sp³-hybridized carbons (Fsp3) is 0.930. The molecule has 0 aliphatic carbocycles. The summed E-state index contributed by atoms with van der Waals surface area (Å²) >= 11 is 0. The van der Waals surface area contributed by atoms with Crippen LogP contribution in [-0.4, -0.2) is 46.1 Å². The quantitative estimate of drug-likeness (QED) is 0.0361. The predicted octanol–water partition coefficient (Wildman–Crippen LogP) is 22.7. The highest BCUT2D eigenvalue weighted by Crippen LogP contribution is 2.19. The van der Waals surface area contributed by atoms with Gasteiger partial charge in [-0.15, -0.1) is 0 Å². The van der Waals surface area contributed by atoms with E-state index in [9.17, 15) is 20.1 Å². The van der Waals surface area contributed by atoms with Gasteiger partial charge in [0.05, 0.1) is 18.8 Å². The van der Waals surface area contributed by atoms with Gasteiger partial charge in [0, 0.05) is 6.42 Å². The molecular weight excluding hydrogens is 931 g/mol. The van der Waals surface area contributed by atoms with Gasteiger partial charge in [-0.05, 0) is 64.2 Å². The number of amides is 1. The van der Waals surface area contributed by atoms with Crippen LogP contribution in [-0.2, 0) is 4.79 Å². The van der Waals surface area contributed by atoms with Crippen molar-refractivity contribution >= 4 is 5.91 Å². The molecule has 0 aromatic carbocycles. The monoisotopic (exact) mass is 1070 g/mol. The van der Waals surface area contributed by atoms with Crippen molar-refractivity contribution in [2.75, 3.05) is 6.61 Å². The molecule has 5 nitrogen and oxygen atoms in total. The van der Waals surface area contributed by atoms with Crippen LogP contribution < -0.4 is 5.32 Å². The Balaban J connectivity index is 3.46. The third-order valence-corrected chi connectivity index (χ3v) is 16.8. The number of carbonyl (C=O) groups is 1. The van der Waals surface area contributed by atoms with E-state index in [2.05, 4.69) is 43.5 Å². The van der Waals surface area contributed by atoms with E-state index in [1.807, 2.05) is 0 Å². The lowest BCUT2D eigenvalue weighted by Gasteiger charge is -2.26. The van der Waals surface area contributed by atoms with Gasteiger partial charge in [0.25, 0.3) is 0 Å². The maximum absolute atomic E-state index is 12.6. The topological polar surface area (TPSA) is 89.8 Å². The van der Waals surface area contributed by atoms with Gasteiger partial charge < -0.3 is 20.6 Å². The van der Waals surface area contributed by atoms with Crippen LogP contribution >= 0.6 is 0 Å². The summed E-state index contributed by atoms with van der Waals surface area (Å²) in [7, 11) is 0. The fourth-order valence-corrected chi connectivity index (χ4v) is 11.4. The highest BCUT2D eigenvalue weighted by atomic mass is 16.3. The van der Waals surface area contributed by atoms with Crippen LogP contribution in [0.3, 0.4) is 0 Å². The Bertz CT molecular complexity index is 1140. The molecule has 0 rings (SSSR count). The molecule has 0 saturated heterocycles. The van der Waals surface area contributed by atoms with Gasteiger partial charge in [-0.1, -0.05) is 353 Å². The second kappa shape index (κ2) is 66.3. The van der Waals surface area contributed by atoms with Crippen molar-refractivity contribution in [2.24, 2.45) is 0 Å². The molecule has 3 atom stereocenters. The molecule has 0 aliphatic rings. The first-order valence-corrected chi connectivity index (χ1v) is 35.1. The minimum atomic E-state index is -1.16. The van der Waals surface area contributed by atoms with Crippen molar-refractivity contribution in [2.45, 2.75) is 417 Å². The van der Waals surface area contributed by atoms with Crippen LogP contribution in [0.5, 0.6) is 0 Å². The number of rotatable bonds is 66. The van der Waals surface area contributed by atoms with Crippen LogP contribution in [0.1, 0.15) is 399 Å². The minimum absolute atomic E-state index is 0.146. The predicted molar refractivity (Wildman–Crippen MR) is 338 cm³/mol. The Labute approximate surface area is 477 Å². The van der Waals surface area contributed by atoms with Gasteiger partial charge in [0.15, 0.2) is 0 Å². The number of aliphatic hydroxyl groups excluding tert-OH is 3. The first-order chi connectivity index (χ1) is 37.6. The van der Waals surface area contributed by atoms with Crippen LogP contribution in [0.4, 0.5) is 0 Å². The summed E-state index contributed by atoms with van der Waals surface area (Å²) in [6, 6.07) is -0.826. The van der Waals surface area contributed by atoms with E-state index < -0.39 is 18.2 Å². The number of unbranched alkanes of at least 4 members (excludes halogenated alkanes) is 54. The lowest BCUT2D eigenvalue weighted by Crippen LogP contribution is -2.50. The number of aliphatic hydroxyl groups is 3. The summed E-state index contributed by atoms with van der Waals surface area (Å²) in [4.78, 5) is 12.6. The third kappa shape index (κ3) is 60.5. The Morgan fingerprint density at radius 3 is 0.763 bits per heavy atom. The average molecular weight is 1070 g/mol. The van der Waals surface area contributed by atoms with Crippen molar-refractivity contribution in [3.63, 3.8) is 0 Å². The minimum Gasteiger partial charge on any atom is -0.394 e. The summed E-state index contributed by atoms with van der Waals surface area (Å²) in [5.41, 5.74) is 0. The zero-order chi connectivity index (χ0) is 55.0. The molecule has 3 unspecified atom stereocenters. The number of carbonyl (C=O) groups excluding carboxylic acids is 1. The zero-order valence-electron chi connectivity index (χ0n) is 51.9. The van der Waals surface area contributed by atoms with Crippen molar-refractivity contribution in [3.05, 3.63) is 24.3 Å². The van der Waals surface area contributed by atoms with Crippen molar-refractivity contribution in [1.29, 1.82) is 0 Å². The molecule has 0 fully saturated rings. The molecule has 0 aliphatic heterocycles. The first kappa shape index (κ1) is 74.8. The number of allylic oxidation sites excluding steroid dienone is 4. The van der Waals surface area contributed by atoms with Gasteiger partial charge in [-0.3, -0.25) is 4.79 Å². The molecular formula is C71H139NO4. The van der Waals surface area contributed by atoms with Gasteiger partial charge in [0.2, 0.25) is 5.91 Å². The van der Waals surface area contributed by atoms with Crippen molar-refractivity contribution < 1.29 is 20.1 Å². The Kier molecular flexibility index (Phi) is 65.3. The Morgan fingerprint density at radius 1 is 0.316 bits per heavy atom. The van der Waals surface area contributed by atoms with E-state index in [-0.39, 0.29) is 12.5 Å². The van der Waals surface area contributed by atoms with Gasteiger partial charge in [-0.2, -0.15) is 0 Å². The van der Waals surface area contributed by atoms with E-state index in [1.54, 1.807) is 0 Å². The van der Waals surface area contributed by atoms with E-state index >= 15 is 0 Å². The van der Waals surface area contributed by atoms with E-state index in [1.165, 1.54) is 334 Å². The normalized spacial score (nSPS) is 13.2. The molecule has 0 radical (unpaired) electrons. The molecule has 76 heavy (non-hydrogen) atoms. The maximum Gasteiger partial charge on any atom is 0.220 e. The highest BCUT2D eigenvalue weighted by molar-refractivity contribution is 5.76. The van der Waals surface area contributed by atoms with Gasteiger partial charge in [-0.25, -0.2) is 0 Å². The van der Waals surface area contributed by atoms with Crippen molar-refractivity contribution in [3.8, 4) is 0 Å². The van der Waals surface area contributed by atoms with Crippen LogP contribution in [0.15, 0.2) is 24.3 Å². The highest BCUT2D eigenvalue weighted by Gasteiger charge is 2.26. The largest absolute Gasteiger partial charge is 0.394 e. The number of hydrogen-bond donors (Lipinski definition) is 4. The maximum atomic E-state index is 12.6. The smallest absolute Gasteiger partial charge is 0.220 e. The molecule has 5 heteroatoms. The Morgan fingerprint density at radius 2 is 0.526 bits per heavy atom. The van der Waals surface area contributed by atoms with Crippen LogP contribution in [0.2, 0.25) is 0 Å². The number of hydrogen-bond acceptors (Lipinski definition) is 4. The first-order valence-electron chi connectivity index (χ1n) is 35.1. The summed E-state index contributed by atoms with van der Waals surface area (Å²) < 4.78 is 0. The average Bonchev–Trinajstić information content (AvgIpc) is 3.42. The fourth-order valence-electron chi connectivity index (χ4n) is 11.4. The summed E-state index contributed by atoms with van der Waals surface area (Å²) in [6.45, 7) is 4.22. The van der Waals surface area contributed by atoms with E-state index in [0.717, 1.165) is 38.5 Å². The molecule has 452 valence electrons. The summed E-state index contributed by atoms with van der Waals surface area (Å²) in [5, 5.41) is 33.9. The molecule has 0 aromatic rings. The van der Waals surface area contributed by atoms with Crippen molar-refractivity contribution in [1.82, 2.24) is 5.32 Å². The SMILES string of the molecule is CCCCCCCCCCCCCCCCCCCC/C=C\CCCCCCCCCCCCCCCCCCCC(=O)NC(CO)C(O)C(O)CCC/C=C/CCCCCCCCCCCCCCCCCCCC. The molecule has 0 saturated carbocycles. The molecule has 0 spiro atoms. The third-order valence-electron chi connectivity index (χ3n) is 16.8. The van der Waals surface area contributed by atoms with E-state index in [4.69, 9.17) is 0 Å². The molecule has 1 amide bonds. The molecule has 4 N–H and O–H groups in total. The lowest BCUT2D eigenvalue weighted by atomic mass is 10.0. The number of nitrogens with one attached hydrogen (secondary N) is 1. The standard InChI is InChI=1S/C71H139NO4/c1-3-5-7-9-11-13-15-17-19-21-23-25-27-28-29-30-31-32-33-34-35-36-37-38-39-40-41-42-44-46-48-50-52-54-56-58-60-62-64-66-70(75)72-68(67-73)71(76)69(74)65-63-61-59-57-55-53-51-49-47-45-43-26-24-22-20-18-16-14-12-10-8-6-4-2/h34-35,57,59,68-69,71,73-74,76H,3-33,36-56,58,60-67H2,1-2H3,(H,72,75)/b35-34-,59-57+. The zero-order valence-corrected chi connectivity index (χ0v) is 51.9. The Hall–Kier alpha value is -1.17. The van der Waals surface area contributed by atoms with E-state index in [0.29, 0.717) is 12.8 Å². The van der Waals surface area contributed by atoms with Crippen LogP contribution in [0, 0.1) is 0 Å². The van der Waals surface area contributed by atoms with Crippen LogP contribution in [0.25, 0.3) is 0 Å². The second-order valence-electron chi connectivity index (χ2n) is 24.4. The van der Waals surface area contributed by atoms with Gasteiger partial charge in [0.1, 0.15) is 6.10 Å². The second-order valence-corrected chi connectivity index (χ2v) is 24.4. The molecule has 0 aromatic heterocycles. The summed E-state index contributed by atoms with van der Waals surface area (Å²) in [5.74, 6) is -0.146. The molecule has 0 heterocycles. The molecule has 0 bridgehead atoms. The summed E-state index contributed by atoms with van der Waals surface area (Å²) in [6.07, 6.45) is 87.0. The lowest BCUT2D eigenvalue weighted by molar-refractivity contribution is -0.124. The van der Waals surface area contributed by atoms with Gasteiger partial charge >= 0.3 is 0 Å².